The molecule has 7 nitrogen and oxygen atoms in total. The van der Waals surface area contributed by atoms with Crippen LogP contribution >= 0.6 is 0 Å². The highest BCUT2D eigenvalue weighted by atomic mass is 16.5. The van der Waals surface area contributed by atoms with Crippen LogP contribution < -0.4 is 5.32 Å². The van der Waals surface area contributed by atoms with Gasteiger partial charge in [0, 0.05) is 38.9 Å². The summed E-state index contributed by atoms with van der Waals surface area (Å²) in [6.07, 6.45) is 6.48. The van der Waals surface area contributed by atoms with E-state index < -0.39 is 6.10 Å². The van der Waals surface area contributed by atoms with Gasteiger partial charge in [0.2, 0.25) is 5.91 Å². The lowest BCUT2D eigenvalue weighted by molar-refractivity contribution is -0.159. The third kappa shape index (κ3) is 5.89. The van der Waals surface area contributed by atoms with Crippen molar-refractivity contribution >= 4 is 5.91 Å². The van der Waals surface area contributed by atoms with Gasteiger partial charge < -0.3 is 24.6 Å². The van der Waals surface area contributed by atoms with Crippen LogP contribution in [0, 0.1) is 11.8 Å². The van der Waals surface area contributed by atoms with Crippen LogP contribution in [0.3, 0.4) is 0 Å². The summed E-state index contributed by atoms with van der Waals surface area (Å²) in [4.78, 5) is 14.6. The summed E-state index contributed by atoms with van der Waals surface area (Å²) in [5.41, 5.74) is 0. The Balaban J connectivity index is 1.32. The molecule has 3 aliphatic heterocycles. The molecular formula is C21H36N2O5. The summed E-state index contributed by atoms with van der Waals surface area (Å²) >= 11 is 0. The Bertz CT molecular complexity index is 509. The van der Waals surface area contributed by atoms with E-state index in [-0.39, 0.29) is 24.2 Å². The number of amides is 1. The maximum atomic E-state index is 12.2. The van der Waals surface area contributed by atoms with Crippen molar-refractivity contribution in [2.24, 2.45) is 11.8 Å². The molecule has 0 unspecified atom stereocenters. The van der Waals surface area contributed by atoms with Crippen LogP contribution in [-0.2, 0) is 19.0 Å². The van der Waals surface area contributed by atoms with Gasteiger partial charge in [0.05, 0.1) is 37.9 Å². The number of aliphatic hydroxyl groups is 1. The molecule has 4 fully saturated rings. The van der Waals surface area contributed by atoms with E-state index in [1.165, 1.54) is 12.8 Å². The minimum Gasteiger partial charge on any atom is -0.389 e. The number of aliphatic hydroxyl groups excluding tert-OH is 1. The van der Waals surface area contributed by atoms with Crippen LogP contribution in [0.4, 0.5) is 0 Å². The second-order valence-electron chi connectivity index (χ2n) is 9.09. The van der Waals surface area contributed by atoms with Crippen molar-refractivity contribution in [3.8, 4) is 0 Å². The zero-order valence-electron chi connectivity index (χ0n) is 16.9. The van der Waals surface area contributed by atoms with E-state index in [1.54, 1.807) is 0 Å². The van der Waals surface area contributed by atoms with E-state index in [0.717, 1.165) is 52.0 Å². The van der Waals surface area contributed by atoms with Gasteiger partial charge in [-0.15, -0.1) is 0 Å². The average molecular weight is 397 g/mol. The highest BCUT2D eigenvalue weighted by molar-refractivity contribution is 5.76. The Morgan fingerprint density at radius 1 is 1.00 bits per heavy atom. The van der Waals surface area contributed by atoms with Crippen molar-refractivity contribution in [2.45, 2.75) is 69.3 Å². The Morgan fingerprint density at radius 3 is 2.61 bits per heavy atom. The molecule has 1 aliphatic carbocycles. The number of β-amino-alcohol motifs (C(OH)–C–C–N with tert-alkyl or cyclic N) is 1. The van der Waals surface area contributed by atoms with E-state index in [4.69, 9.17) is 14.2 Å². The van der Waals surface area contributed by atoms with E-state index in [1.807, 2.05) is 0 Å². The van der Waals surface area contributed by atoms with Crippen molar-refractivity contribution in [1.82, 2.24) is 10.2 Å². The summed E-state index contributed by atoms with van der Waals surface area (Å²) in [5.74, 6) is 1.43. The normalized spacial score (nSPS) is 35.6. The average Bonchev–Trinajstić information content (AvgIpc) is 3.50. The van der Waals surface area contributed by atoms with Crippen molar-refractivity contribution in [3.63, 3.8) is 0 Å². The third-order valence-electron chi connectivity index (χ3n) is 6.62. The van der Waals surface area contributed by atoms with Gasteiger partial charge >= 0.3 is 0 Å². The van der Waals surface area contributed by atoms with Gasteiger partial charge in [0.1, 0.15) is 0 Å². The van der Waals surface area contributed by atoms with Gasteiger partial charge in [-0.05, 0) is 50.4 Å². The van der Waals surface area contributed by atoms with Gasteiger partial charge in [-0.25, -0.2) is 0 Å². The van der Waals surface area contributed by atoms with Crippen LogP contribution in [0.1, 0.15) is 44.9 Å². The zero-order valence-corrected chi connectivity index (χ0v) is 16.9. The standard InChI is InChI=1S/C21H36N2O5/c24-17-12-23(11-16-5-7-26-8-6-16)19-4-3-18(28-20(19)14-27-13-17)9-21(25)22-10-15-1-2-15/h15-20,24H,1-14H2,(H,22,25)/t17-,18-,19-,20+/m1/s1. The molecule has 160 valence electrons. The number of carbonyl (C=O) groups is 1. The van der Waals surface area contributed by atoms with Crippen molar-refractivity contribution in [2.75, 3.05) is 46.1 Å². The van der Waals surface area contributed by atoms with Crippen LogP contribution in [0.25, 0.3) is 0 Å². The number of ether oxygens (including phenoxy) is 3. The van der Waals surface area contributed by atoms with Crippen molar-refractivity contribution in [1.29, 1.82) is 0 Å². The summed E-state index contributed by atoms with van der Waals surface area (Å²) in [7, 11) is 0. The first-order valence-electron chi connectivity index (χ1n) is 11.2. The zero-order chi connectivity index (χ0) is 19.3. The minimum absolute atomic E-state index is 0.0256. The maximum absolute atomic E-state index is 12.2. The summed E-state index contributed by atoms with van der Waals surface area (Å²) in [6.45, 7) is 4.96. The van der Waals surface area contributed by atoms with Gasteiger partial charge in [-0.1, -0.05) is 0 Å². The molecule has 0 aromatic heterocycles. The largest absolute Gasteiger partial charge is 0.389 e. The summed E-state index contributed by atoms with van der Waals surface area (Å²) < 4.78 is 17.6. The van der Waals surface area contributed by atoms with Crippen LogP contribution in [0.5, 0.6) is 0 Å². The first kappa shape index (κ1) is 20.5. The first-order valence-corrected chi connectivity index (χ1v) is 11.2. The molecule has 0 aromatic rings. The predicted molar refractivity (Wildman–Crippen MR) is 104 cm³/mol. The number of nitrogens with zero attached hydrogens (tertiary/aromatic N) is 1. The number of hydrogen-bond donors (Lipinski definition) is 2. The number of nitrogens with one attached hydrogen (secondary N) is 1. The molecule has 0 radical (unpaired) electrons. The quantitative estimate of drug-likeness (QED) is 0.696. The lowest BCUT2D eigenvalue weighted by atomic mass is 9.92. The lowest BCUT2D eigenvalue weighted by Gasteiger charge is -2.45. The monoisotopic (exact) mass is 396 g/mol. The number of carbonyl (C=O) groups excluding carboxylic acids is 1. The van der Waals surface area contributed by atoms with Gasteiger partial charge in [0.25, 0.3) is 0 Å². The maximum Gasteiger partial charge on any atom is 0.222 e. The van der Waals surface area contributed by atoms with Crippen LogP contribution in [0.15, 0.2) is 0 Å². The second-order valence-corrected chi connectivity index (χ2v) is 9.09. The molecule has 1 saturated carbocycles. The molecule has 0 bridgehead atoms. The van der Waals surface area contributed by atoms with Crippen molar-refractivity contribution < 1.29 is 24.1 Å². The fraction of sp³-hybridized carbons (Fsp3) is 0.952. The van der Waals surface area contributed by atoms with Crippen molar-refractivity contribution in [3.05, 3.63) is 0 Å². The number of rotatable bonds is 6. The van der Waals surface area contributed by atoms with Gasteiger partial charge in [-0.2, -0.15) is 0 Å². The molecule has 0 spiro atoms. The molecule has 2 N–H and O–H groups in total. The van der Waals surface area contributed by atoms with Gasteiger partial charge in [-0.3, -0.25) is 9.69 Å². The second kappa shape index (κ2) is 9.85. The predicted octanol–water partition coefficient (Wildman–Crippen LogP) is 0.939. The number of fused-ring (bicyclic) bond motifs is 1. The highest BCUT2D eigenvalue weighted by Gasteiger charge is 2.38. The molecule has 4 atom stereocenters. The molecule has 4 aliphatic rings. The molecular weight excluding hydrogens is 360 g/mol. The van der Waals surface area contributed by atoms with Crippen LogP contribution in [0.2, 0.25) is 0 Å². The Hall–Kier alpha value is -0.730. The lowest BCUT2D eigenvalue weighted by Crippen LogP contribution is -2.57. The molecule has 28 heavy (non-hydrogen) atoms. The Morgan fingerprint density at radius 2 is 1.82 bits per heavy atom. The summed E-state index contributed by atoms with van der Waals surface area (Å²) in [5, 5.41) is 13.3. The molecule has 1 amide bonds. The molecule has 4 rings (SSSR count). The molecule has 3 saturated heterocycles. The van der Waals surface area contributed by atoms with E-state index in [2.05, 4.69) is 10.2 Å². The minimum atomic E-state index is -0.452. The number of hydrogen-bond acceptors (Lipinski definition) is 6. The van der Waals surface area contributed by atoms with E-state index >= 15 is 0 Å². The Kier molecular flexibility index (Phi) is 7.22. The van der Waals surface area contributed by atoms with Crippen LogP contribution in [-0.4, -0.2) is 86.3 Å². The summed E-state index contributed by atoms with van der Waals surface area (Å²) in [6, 6.07) is 0.253. The first-order chi connectivity index (χ1) is 13.7. The highest BCUT2D eigenvalue weighted by Crippen LogP contribution is 2.30. The van der Waals surface area contributed by atoms with Gasteiger partial charge in [0.15, 0.2) is 0 Å². The van der Waals surface area contributed by atoms with E-state index in [0.29, 0.717) is 38.0 Å². The fourth-order valence-corrected chi connectivity index (χ4v) is 4.78. The fourth-order valence-electron chi connectivity index (χ4n) is 4.78. The topological polar surface area (TPSA) is 80.3 Å². The molecule has 3 heterocycles. The Labute approximate surface area is 168 Å². The van der Waals surface area contributed by atoms with E-state index in [9.17, 15) is 9.90 Å². The third-order valence-corrected chi connectivity index (χ3v) is 6.62. The SMILES string of the molecule is O=C(C[C@H]1CC[C@@H]2[C@H](COC[C@H](O)CN2CC2CCOCC2)O1)NCC1CC1. The molecule has 7 heteroatoms. The smallest absolute Gasteiger partial charge is 0.222 e. The molecule has 0 aromatic carbocycles.